The van der Waals surface area contributed by atoms with E-state index in [1.165, 1.54) is 0 Å². The van der Waals surface area contributed by atoms with Crippen LogP contribution in [0.3, 0.4) is 0 Å². The first kappa shape index (κ1) is 13.3. The molecule has 5 nitrogen and oxygen atoms in total. The lowest BCUT2D eigenvalue weighted by Gasteiger charge is -2.07. The quantitative estimate of drug-likeness (QED) is 0.847. The van der Waals surface area contributed by atoms with Gasteiger partial charge in [-0.25, -0.2) is 23.5 Å². The average Bonchev–Trinajstić information content (AvgIpc) is 2.36. The summed E-state index contributed by atoms with van der Waals surface area (Å²) in [7, 11) is 0. The Morgan fingerprint density at radius 1 is 1.21 bits per heavy atom. The lowest BCUT2D eigenvalue weighted by molar-refractivity contribution is 0.0690. The highest BCUT2D eigenvalue weighted by Gasteiger charge is 2.10. The largest absolute Gasteiger partial charge is 0.476 e. The monoisotopic (exact) mass is 329 g/mol. The standard InChI is InChI=1S/C11H6BrF2N3O2/c12-5-1-7(14)8(2-6(5)13)17-10-4-15-9(3-16-10)11(18)19/h1-4H,(H,16,17)(H,18,19). The second-order valence-electron chi connectivity index (χ2n) is 3.46. The Kier molecular flexibility index (Phi) is 3.70. The molecule has 1 heterocycles. The molecule has 0 unspecified atom stereocenters. The predicted molar refractivity (Wildman–Crippen MR) is 66.3 cm³/mol. The molecule has 98 valence electrons. The van der Waals surface area contributed by atoms with Crippen molar-refractivity contribution in [2.75, 3.05) is 5.32 Å². The molecule has 0 spiro atoms. The van der Waals surface area contributed by atoms with Crippen LogP contribution < -0.4 is 5.32 Å². The van der Waals surface area contributed by atoms with Gasteiger partial charge in [0, 0.05) is 6.07 Å². The van der Waals surface area contributed by atoms with Crippen molar-refractivity contribution in [2.45, 2.75) is 0 Å². The Bertz CT molecular complexity index is 635. The Hall–Kier alpha value is -2.09. The number of anilines is 2. The molecule has 0 aliphatic rings. The summed E-state index contributed by atoms with van der Waals surface area (Å²) in [5.74, 6) is -2.44. The van der Waals surface area contributed by atoms with Gasteiger partial charge in [-0.15, -0.1) is 0 Å². The summed E-state index contributed by atoms with van der Waals surface area (Å²) >= 11 is 2.86. The van der Waals surface area contributed by atoms with Crippen LogP contribution in [0.2, 0.25) is 0 Å². The van der Waals surface area contributed by atoms with E-state index >= 15 is 0 Å². The molecule has 2 N–H and O–H groups in total. The average molecular weight is 330 g/mol. The molecule has 0 fully saturated rings. The highest BCUT2D eigenvalue weighted by molar-refractivity contribution is 9.10. The van der Waals surface area contributed by atoms with Crippen molar-refractivity contribution in [1.82, 2.24) is 9.97 Å². The van der Waals surface area contributed by atoms with Crippen LogP contribution in [0, 0.1) is 11.6 Å². The van der Waals surface area contributed by atoms with Crippen LogP contribution in [-0.2, 0) is 0 Å². The van der Waals surface area contributed by atoms with Gasteiger partial charge in [0.2, 0.25) is 0 Å². The summed E-state index contributed by atoms with van der Waals surface area (Å²) in [6.45, 7) is 0. The first-order chi connectivity index (χ1) is 8.97. The van der Waals surface area contributed by atoms with Gasteiger partial charge < -0.3 is 10.4 Å². The number of benzene rings is 1. The third-order valence-electron chi connectivity index (χ3n) is 2.14. The Morgan fingerprint density at radius 3 is 2.53 bits per heavy atom. The molecule has 0 saturated carbocycles. The van der Waals surface area contributed by atoms with Gasteiger partial charge in [-0.3, -0.25) is 0 Å². The van der Waals surface area contributed by atoms with E-state index in [4.69, 9.17) is 5.11 Å². The van der Waals surface area contributed by atoms with Crippen LogP contribution in [-0.4, -0.2) is 21.0 Å². The van der Waals surface area contributed by atoms with Crippen molar-refractivity contribution in [2.24, 2.45) is 0 Å². The van der Waals surface area contributed by atoms with E-state index in [0.29, 0.717) is 0 Å². The summed E-state index contributed by atoms with van der Waals surface area (Å²) in [5.41, 5.74) is -0.369. The van der Waals surface area contributed by atoms with E-state index in [1.54, 1.807) is 0 Å². The van der Waals surface area contributed by atoms with E-state index in [-0.39, 0.29) is 21.7 Å². The summed E-state index contributed by atoms with van der Waals surface area (Å²) < 4.78 is 26.8. The van der Waals surface area contributed by atoms with Crippen molar-refractivity contribution in [3.05, 3.63) is 46.3 Å². The van der Waals surface area contributed by atoms with Gasteiger partial charge in [-0.05, 0) is 22.0 Å². The van der Waals surface area contributed by atoms with E-state index < -0.39 is 17.6 Å². The summed E-state index contributed by atoms with van der Waals surface area (Å²) in [6.07, 6.45) is 2.13. The number of nitrogens with zero attached hydrogens (tertiary/aromatic N) is 2. The molecule has 0 saturated heterocycles. The van der Waals surface area contributed by atoms with Crippen molar-refractivity contribution >= 4 is 33.4 Å². The molecule has 0 amide bonds. The molecule has 0 bridgehead atoms. The molecule has 0 atom stereocenters. The predicted octanol–water partition coefficient (Wildman–Crippen LogP) is 2.96. The maximum absolute atomic E-state index is 13.5. The number of rotatable bonds is 3. The number of aromatic nitrogens is 2. The zero-order valence-electron chi connectivity index (χ0n) is 9.19. The normalized spacial score (nSPS) is 10.3. The van der Waals surface area contributed by atoms with Crippen LogP contribution in [0.1, 0.15) is 10.5 Å². The van der Waals surface area contributed by atoms with E-state index in [2.05, 4.69) is 31.2 Å². The minimum Gasteiger partial charge on any atom is -0.476 e. The third-order valence-corrected chi connectivity index (χ3v) is 2.75. The maximum atomic E-state index is 13.5. The van der Waals surface area contributed by atoms with Gasteiger partial charge in [-0.2, -0.15) is 0 Å². The first-order valence-corrected chi connectivity index (χ1v) is 5.73. The van der Waals surface area contributed by atoms with Crippen LogP contribution in [0.5, 0.6) is 0 Å². The summed E-state index contributed by atoms with van der Waals surface area (Å²) in [5, 5.41) is 11.1. The molecule has 0 aliphatic carbocycles. The van der Waals surface area contributed by atoms with Crippen LogP contribution in [0.25, 0.3) is 0 Å². The highest BCUT2D eigenvalue weighted by Crippen LogP contribution is 2.25. The van der Waals surface area contributed by atoms with Crippen LogP contribution in [0.4, 0.5) is 20.3 Å². The number of carboxylic acids is 1. The first-order valence-electron chi connectivity index (χ1n) is 4.94. The summed E-state index contributed by atoms with van der Waals surface area (Å²) in [6, 6.07) is 1.92. The molecule has 2 rings (SSSR count). The van der Waals surface area contributed by atoms with Crippen molar-refractivity contribution in [1.29, 1.82) is 0 Å². The fraction of sp³-hybridized carbons (Fsp3) is 0. The van der Waals surface area contributed by atoms with Crippen molar-refractivity contribution < 1.29 is 18.7 Å². The molecular formula is C11H6BrF2N3O2. The maximum Gasteiger partial charge on any atom is 0.356 e. The molecule has 0 aliphatic heterocycles. The second-order valence-corrected chi connectivity index (χ2v) is 4.32. The lowest BCUT2D eigenvalue weighted by atomic mass is 10.3. The zero-order chi connectivity index (χ0) is 14.0. The summed E-state index contributed by atoms with van der Waals surface area (Å²) in [4.78, 5) is 17.9. The molecule has 0 radical (unpaired) electrons. The molecule has 1 aromatic carbocycles. The number of hydrogen-bond acceptors (Lipinski definition) is 4. The molecule has 1 aromatic heterocycles. The number of carboxylic acid groups (broad SMARTS) is 1. The number of hydrogen-bond donors (Lipinski definition) is 2. The zero-order valence-corrected chi connectivity index (χ0v) is 10.8. The number of nitrogens with one attached hydrogen (secondary N) is 1. The van der Waals surface area contributed by atoms with Crippen LogP contribution >= 0.6 is 15.9 Å². The molecular weight excluding hydrogens is 324 g/mol. The minimum atomic E-state index is -1.22. The van der Waals surface area contributed by atoms with Gasteiger partial charge in [0.25, 0.3) is 0 Å². The SMILES string of the molecule is O=C(O)c1cnc(Nc2cc(F)c(Br)cc2F)cn1. The number of carbonyl (C=O) groups is 1. The fourth-order valence-electron chi connectivity index (χ4n) is 1.26. The van der Waals surface area contributed by atoms with E-state index in [1.807, 2.05) is 0 Å². The molecule has 2 aromatic rings. The Morgan fingerprint density at radius 2 is 1.95 bits per heavy atom. The van der Waals surface area contributed by atoms with Gasteiger partial charge >= 0.3 is 5.97 Å². The van der Waals surface area contributed by atoms with Crippen molar-refractivity contribution in [3.63, 3.8) is 0 Å². The van der Waals surface area contributed by atoms with Crippen molar-refractivity contribution in [3.8, 4) is 0 Å². The molecule has 8 heteroatoms. The lowest BCUT2D eigenvalue weighted by Crippen LogP contribution is -2.03. The smallest absolute Gasteiger partial charge is 0.356 e. The molecule has 19 heavy (non-hydrogen) atoms. The fourth-order valence-corrected chi connectivity index (χ4v) is 1.57. The number of halogens is 3. The van der Waals surface area contributed by atoms with Gasteiger partial charge in [0.1, 0.15) is 17.5 Å². The highest BCUT2D eigenvalue weighted by atomic mass is 79.9. The van der Waals surface area contributed by atoms with E-state index in [0.717, 1.165) is 24.5 Å². The topological polar surface area (TPSA) is 75.1 Å². The Balaban J connectivity index is 2.26. The van der Waals surface area contributed by atoms with Gasteiger partial charge in [0.05, 0.1) is 22.6 Å². The number of aromatic carboxylic acids is 1. The van der Waals surface area contributed by atoms with Gasteiger partial charge in [-0.1, -0.05) is 0 Å². The van der Waals surface area contributed by atoms with E-state index in [9.17, 15) is 13.6 Å². The third kappa shape index (κ3) is 3.02. The van der Waals surface area contributed by atoms with Crippen LogP contribution in [0.15, 0.2) is 29.0 Å². The Labute approximate surface area is 114 Å². The van der Waals surface area contributed by atoms with Gasteiger partial charge in [0.15, 0.2) is 5.69 Å². The second kappa shape index (κ2) is 5.27. The minimum absolute atomic E-state index is 0.00265.